The molecule has 0 atom stereocenters. The van der Waals surface area contributed by atoms with Crippen molar-refractivity contribution in [1.29, 1.82) is 0 Å². The van der Waals surface area contributed by atoms with Gasteiger partial charge in [0.1, 0.15) is 11.7 Å². The molecule has 130 valence electrons. The van der Waals surface area contributed by atoms with Crippen molar-refractivity contribution in [2.24, 2.45) is 21.5 Å². The number of aliphatic imine (C=N–C) groups is 2. The number of hydrogen-bond donors (Lipinski definition) is 3. The van der Waals surface area contributed by atoms with Crippen molar-refractivity contribution in [1.82, 2.24) is 4.98 Å². The predicted octanol–water partition coefficient (Wildman–Crippen LogP) is 3.55. The van der Waals surface area contributed by atoms with Crippen LogP contribution in [0.4, 0.5) is 0 Å². The maximum absolute atomic E-state index is 6.30. The Labute approximate surface area is 147 Å². The van der Waals surface area contributed by atoms with E-state index in [4.69, 9.17) is 11.5 Å². The lowest BCUT2D eigenvalue weighted by Gasteiger charge is -2.12. The van der Waals surface area contributed by atoms with Gasteiger partial charge in [-0.3, -0.25) is 9.98 Å². The summed E-state index contributed by atoms with van der Waals surface area (Å²) in [5.74, 6) is 0.964. The Kier molecular flexibility index (Phi) is 4.49. The summed E-state index contributed by atoms with van der Waals surface area (Å²) in [5.41, 5.74) is 16.3. The molecule has 0 radical (unpaired) electrons. The van der Waals surface area contributed by atoms with Crippen LogP contribution in [0.5, 0.6) is 0 Å². The molecular formula is C20H25N5. The summed E-state index contributed by atoms with van der Waals surface area (Å²) >= 11 is 0. The Morgan fingerprint density at radius 2 is 1.36 bits per heavy atom. The number of para-hydroxylation sites is 1. The predicted molar refractivity (Wildman–Crippen MR) is 108 cm³/mol. The molecule has 0 saturated heterocycles. The second-order valence-electron chi connectivity index (χ2n) is 6.83. The standard InChI is InChI=1S/C20H25N5/c1-11(2)23-19(21)15-9-14-13-7-5-6-8-17(13)25-18(14)10-16(15)20(22)24-12(3)4/h5-12,25H,1-4H3,(H2,21,23)(H2,22,24). The van der Waals surface area contributed by atoms with Gasteiger partial charge in [0.25, 0.3) is 0 Å². The van der Waals surface area contributed by atoms with Crippen molar-refractivity contribution in [3.05, 3.63) is 47.5 Å². The number of fused-ring (bicyclic) bond motifs is 3. The Balaban J connectivity index is 2.33. The molecular weight excluding hydrogens is 310 g/mol. The van der Waals surface area contributed by atoms with Gasteiger partial charge in [-0.2, -0.15) is 0 Å². The fraction of sp³-hybridized carbons (Fsp3) is 0.300. The van der Waals surface area contributed by atoms with Crippen molar-refractivity contribution in [3.8, 4) is 0 Å². The van der Waals surface area contributed by atoms with Gasteiger partial charge in [0.05, 0.1) is 0 Å². The highest BCUT2D eigenvalue weighted by molar-refractivity contribution is 6.16. The minimum absolute atomic E-state index is 0.106. The first kappa shape index (κ1) is 17.0. The number of rotatable bonds is 4. The van der Waals surface area contributed by atoms with Gasteiger partial charge >= 0.3 is 0 Å². The van der Waals surface area contributed by atoms with Gasteiger partial charge in [0.2, 0.25) is 0 Å². The molecule has 1 aromatic heterocycles. The average molecular weight is 335 g/mol. The zero-order chi connectivity index (χ0) is 18.1. The molecule has 0 unspecified atom stereocenters. The van der Waals surface area contributed by atoms with Gasteiger partial charge in [0, 0.05) is 45.0 Å². The topological polar surface area (TPSA) is 92.5 Å². The zero-order valence-corrected chi connectivity index (χ0v) is 15.2. The number of amidine groups is 2. The first-order valence-corrected chi connectivity index (χ1v) is 8.58. The second kappa shape index (κ2) is 6.59. The van der Waals surface area contributed by atoms with Crippen LogP contribution in [0, 0.1) is 0 Å². The van der Waals surface area contributed by atoms with E-state index in [2.05, 4.69) is 33.2 Å². The summed E-state index contributed by atoms with van der Waals surface area (Å²) in [6.07, 6.45) is 0. The van der Waals surface area contributed by atoms with E-state index in [0.29, 0.717) is 11.7 Å². The molecule has 0 amide bonds. The largest absolute Gasteiger partial charge is 0.383 e. The Bertz CT molecular complexity index is 976. The summed E-state index contributed by atoms with van der Waals surface area (Å²) in [7, 11) is 0. The molecule has 1 heterocycles. The summed E-state index contributed by atoms with van der Waals surface area (Å²) in [5, 5.41) is 2.26. The molecule has 0 saturated carbocycles. The molecule has 0 aliphatic rings. The second-order valence-corrected chi connectivity index (χ2v) is 6.83. The van der Waals surface area contributed by atoms with Gasteiger partial charge in [-0.1, -0.05) is 18.2 Å². The number of nitrogens with zero attached hydrogens (tertiary/aromatic N) is 2. The molecule has 5 heteroatoms. The van der Waals surface area contributed by atoms with Gasteiger partial charge in [0.15, 0.2) is 0 Å². The van der Waals surface area contributed by atoms with Crippen molar-refractivity contribution in [2.75, 3.05) is 0 Å². The van der Waals surface area contributed by atoms with Crippen LogP contribution in [0.2, 0.25) is 0 Å². The van der Waals surface area contributed by atoms with Crippen molar-refractivity contribution < 1.29 is 0 Å². The lowest BCUT2D eigenvalue weighted by molar-refractivity contribution is 0.832. The molecule has 0 aliphatic heterocycles. The summed E-state index contributed by atoms with van der Waals surface area (Å²) in [6.45, 7) is 8.00. The number of nitrogens with one attached hydrogen (secondary N) is 1. The monoisotopic (exact) mass is 335 g/mol. The summed E-state index contributed by atoms with van der Waals surface area (Å²) in [6, 6.07) is 12.5. The highest BCUT2D eigenvalue weighted by atomic mass is 14.9. The van der Waals surface area contributed by atoms with E-state index in [1.807, 2.05) is 45.9 Å². The quantitative estimate of drug-likeness (QED) is 0.502. The molecule has 0 bridgehead atoms. The number of aromatic amines is 1. The Morgan fingerprint density at radius 1 is 0.800 bits per heavy atom. The first-order chi connectivity index (χ1) is 11.9. The van der Waals surface area contributed by atoms with E-state index >= 15 is 0 Å². The van der Waals surface area contributed by atoms with E-state index in [1.165, 1.54) is 0 Å². The SMILES string of the molecule is CC(C)N=C(N)c1cc2[nH]c3ccccc3c2cc1C(N)=NC(C)C. The van der Waals surface area contributed by atoms with Crippen LogP contribution in [0.3, 0.4) is 0 Å². The molecule has 0 fully saturated rings. The maximum atomic E-state index is 6.30. The number of H-pyrrole nitrogens is 1. The van der Waals surface area contributed by atoms with Crippen molar-refractivity contribution in [3.63, 3.8) is 0 Å². The molecule has 0 aliphatic carbocycles. The molecule has 2 aromatic carbocycles. The van der Waals surface area contributed by atoms with E-state index < -0.39 is 0 Å². The van der Waals surface area contributed by atoms with Gasteiger partial charge < -0.3 is 16.5 Å². The molecule has 0 spiro atoms. The van der Waals surface area contributed by atoms with Crippen LogP contribution in [-0.2, 0) is 0 Å². The molecule has 5 N–H and O–H groups in total. The van der Waals surface area contributed by atoms with Crippen molar-refractivity contribution in [2.45, 2.75) is 39.8 Å². The van der Waals surface area contributed by atoms with Crippen LogP contribution in [0.15, 0.2) is 46.4 Å². The molecule has 3 aromatic rings. The molecule has 3 rings (SSSR count). The number of hydrogen-bond acceptors (Lipinski definition) is 2. The van der Waals surface area contributed by atoms with Gasteiger partial charge in [-0.25, -0.2) is 0 Å². The fourth-order valence-corrected chi connectivity index (χ4v) is 3.02. The fourth-order valence-electron chi connectivity index (χ4n) is 3.02. The van der Waals surface area contributed by atoms with Crippen LogP contribution in [-0.4, -0.2) is 28.7 Å². The average Bonchev–Trinajstić information content (AvgIpc) is 2.90. The van der Waals surface area contributed by atoms with E-state index in [9.17, 15) is 0 Å². The highest BCUT2D eigenvalue weighted by Crippen LogP contribution is 2.28. The minimum atomic E-state index is 0.106. The number of benzene rings is 2. The van der Waals surface area contributed by atoms with Crippen LogP contribution < -0.4 is 11.5 Å². The summed E-state index contributed by atoms with van der Waals surface area (Å²) < 4.78 is 0. The van der Waals surface area contributed by atoms with Crippen LogP contribution >= 0.6 is 0 Å². The van der Waals surface area contributed by atoms with Gasteiger partial charge in [-0.15, -0.1) is 0 Å². The van der Waals surface area contributed by atoms with Gasteiger partial charge in [-0.05, 0) is 45.9 Å². The minimum Gasteiger partial charge on any atom is -0.383 e. The smallest absolute Gasteiger partial charge is 0.126 e. The van der Waals surface area contributed by atoms with Crippen LogP contribution in [0.1, 0.15) is 38.8 Å². The van der Waals surface area contributed by atoms with E-state index in [0.717, 1.165) is 32.9 Å². The summed E-state index contributed by atoms with van der Waals surface area (Å²) in [4.78, 5) is 12.5. The molecule has 5 nitrogen and oxygen atoms in total. The number of aromatic nitrogens is 1. The normalized spacial score (nSPS) is 13.5. The zero-order valence-electron chi connectivity index (χ0n) is 15.2. The molecule has 25 heavy (non-hydrogen) atoms. The Hall–Kier alpha value is -2.82. The van der Waals surface area contributed by atoms with E-state index in [1.54, 1.807) is 0 Å². The Morgan fingerprint density at radius 3 is 1.96 bits per heavy atom. The third kappa shape index (κ3) is 3.36. The third-order valence-electron chi connectivity index (χ3n) is 3.99. The third-order valence-corrected chi connectivity index (χ3v) is 3.99. The first-order valence-electron chi connectivity index (χ1n) is 8.58. The van der Waals surface area contributed by atoms with Crippen LogP contribution in [0.25, 0.3) is 21.8 Å². The maximum Gasteiger partial charge on any atom is 0.126 e. The highest BCUT2D eigenvalue weighted by Gasteiger charge is 2.15. The lowest BCUT2D eigenvalue weighted by Crippen LogP contribution is -2.24. The lowest BCUT2D eigenvalue weighted by atomic mass is 10.0. The van der Waals surface area contributed by atoms with Crippen molar-refractivity contribution >= 4 is 33.5 Å². The van der Waals surface area contributed by atoms with E-state index in [-0.39, 0.29) is 12.1 Å². The number of nitrogens with two attached hydrogens (primary N) is 2.